The summed E-state index contributed by atoms with van der Waals surface area (Å²) >= 11 is 0. The zero-order valence-corrected chi connectivity index (χ0v) is 51.8. The number of esters is 2. The Balaban J connectivity index is 4.22. The lowest BCUT2D eigenvalue weighted by molar-refractivity contribution is -0.870. The summed E-state index contributed by atoms with van der Waals surface area (Å²) in [4.78, 5) is 35.8. The molecule has 0 fully saturated rings. The lowest BCUT2D eigenvalue weighted by atomic mass is 10.0. The molecular weight excluding hydrogens is 990 g/mol. The average Bonchev–Trinajstić information content (AvgIpc) is 3.41. The van der Waals surface area contributed by atoms with Gasteiger partial charge >= 0.3 is 19.8 Å². The minimum Gasteiger partial charge on any atom is -0.462 e. The molecule has 10 heteroatoms. The predicted octanol–water partition coefficient (Wildman–Crippen LogP) is 20.2. The van der Waals surface area contributed by atoms with Gasteiger partial charge in [0.2, 0.25) is 0 Å². The van der Waals surface area contributed by atoms with Gasteiger partial charge in [0.1, 0.15) is 19.8 Å². The summed E-state index contributed by atoms with van der Waals surface area (Å²) in [6.07, 6.45) is 81.8. The summed E-state index contributed by atoms with van der Waals surface area (Å²) in [6.45, 7) is 4.28. The van der Waals surface area contributed by atoms with Gasteiger partial charge in [0.25, 0.3) is 0 Å². The van der Waals surface area contributed by atoms with Crippen LogP contribution in [-0.4, -0.2) is 74.9 Å². The Morgan fingerprint density at radius 2 is 0.731 bits per heavy atom. The lowest BCUT2D eigenvalue weighted by Gasteiger charge is -2.24. The third kappa shape index (κ3) is 61.9. The van der Waals surface area contributed by atoms with Gasteiger partial charge in [0.15, 0.2) is 6.10 Å². The van der Waals surface area contributed by atoms with Crippen molar-refractivity contribution >= 4 is 19.8 Å². The fourth-order valence-corrected chi connectivity index (χ4v) is 9.18. The maximum Gasteiger partial charge on any atom is 0.472 e. The highest BCUT2D eigenvalue weighted by Crippen LogP contribution is 2.43. The average molecular weight is 1110 g/mol. The SMILES string of the molecule is CC/C=C\C/C=C\C/C=C\C/C=C\C/C=C\C/C=C\C/C=C\C/C=C\CCCCC(=O)OC(COC(=O)CCCCCCCCCCCCCCCCC/C=C\CCCCCCCCCC)COP(=O)(O)OCC[N+](C)(C)C. The van der Waals surface area contributed by atoms with Gasteiger partial charge in [-0.1, -0.05) is 252 Å². The van der Waals surface area contributed by atoms with Gasteiger partial charge < -0.3 is 18.9 Å². The minimum absolute atomic E-state index is 0.0179. The highest BCUT2D eigenvalue weighted by atomic mass is 31.2. The van der Waals surface area contributed by atoms with E-state index in [1.165, 1.54) is 141 Å². The molecule has 1 N–H and O–H groups in total. The number of carbonyl (C=O) groups excluding carboxylic acids is 2. The van der Waals surface area contributed by atoms with Crippen molar-refractivity contribution < 1.29 is 42.1 Å². The fraction of sp³-hybridized carbons (Fsp3) is 0.706. The first-order valence-electron chi connectivity index (χ1n) is 31.6. The van der Waals surface area contributed by atoms with Crippen molar-refractivity contribution in [1.29, 1.82) is 0 Å². The normalized spacial score (nSPS) is 14.0. The largest absolute Gasteiger partial charge is 0.472 e. The Labute approximate surface area is 480 Å². The van der Waals surface area contributed by atoms with E-state index in [1.54, 1.807) is 0 Å². The number of phosphoric ester groups is 1. The molecule has 0 aliphatic carbocycles. The van der Waals surface area contributed by atoms with Crippen molar-refractivity contribution in [3.63, 3.8) is 0 Å². The number of carbonyl (C=O) groups is 2. The molecule has 2 atom stereocenters. The number of hydrogen-bond donors (Lipinski definition) is 1. The highest BCUT2D eigenvalue weighted by Gasteiger charge is 2.27. The van der Waals surface area contributed by atoms with E-state index in [2.05, 4.69) is 123 Å². The first kappa shape index (κ1) is 74.7. The Hall–Kier alpha value is -3.33. The minimum atomic E-state index is -4.41. The number of ether oxygens (including phenoxy) is 2. The number of allylic oxidation sites excluding steroid dienone is 18. The van der Waals surface area contributed by atoms with Gasteiger partial charge in [-0.15, -0.1) is 0 Å². The second-order valence-corrected chi connectivity index (χ2v) is 23.5. The predicted molar refractivity (Wildman–Crippen MR) is 335 cm³/mol. The van der Waals surface area contributed by atoms with Crippen molar-refractivity contribution in [3.05, 3.63) is 109 Å². The summed E-state index contributed by atoms with van der Waals surface area (Å²) in [5, 5.41) is 0. The first-order valence-corrected chi connectivity index (χ1v) is 33.1. The van der Waals surface area contributed by atoms with Crippen LogP contribution in [0.4, 0.5) is 0 Å². The standard InChI is InChI=1S/C68H118NO8P/c1-6-8-10-12-14-16-18-20-22-24-26-28-30-32-34-36-38-40-42-44-46-48-50-52-54-56-58-60-67(70)74-64-66(65-76-78(72,73)75-63-62-69(3,4)5)77-68(71)61-59-57-55-53-51-49-47-45-43-41-39-37-35-33-31-29-27-25-23-21-19-17-15-13-11-9-7-2/h9,11,15,17,21,23-24,26-27,29,33,35,39,41,45,47,51,53,66H,6-8,10,12-14,16,18-20,22,25,28,30-32,34,36-38,40,42-44,46,48-50,52,54-65H2,1-5H3/p+1/b11-9-,17-15-,23-21-,26-24-,29-27-,35-33-,41-39-,47-45-,53-51-. The second kappa shape index (κ2) is 58.3. The molecule has 2 unspecified atom stereocenters. The van der Waals surface area contributed by atoms with Crippen LogP contribution >= 0.6 is 7.82 Å². The molecule has 0 amide bonds. The van der Waals surface area contributed by atoms with Crippen LogP contribution in [0.15, 0.2) is 109 Å². The zero-order valence-electron chi connectivity index (χ0n) is 50.9. The third-order valence-electron chi connectivity index (χ3n) is 13.3. The van der Waals surface area contributed by atoms with Crippen molar-refractivity contribution in [3.8, 4) is 0 Å². The number of rotatable bonds is 57. The monoisotopic (exact) mass is 1110 g/mol. The molecule has 78 heavy (non-hydrogen) atoms. The van der Waals surface area contributed by atoms with E-state index in [0.29, 0.717) is 17.4 Å². The van der Waals surface area contributed by atoms with Crippen molar-refractivity contribution in [1.82, 2.24) is 0 Å². The van der Waals surface area contributed by atoms with E-state index in [-0.39, 0.29) is 32.0 Å². The highest BCUT2D eigenvalue weighted by molar-refractivity contribution is 7.47. The van der Waals surface area contributed by atoms with Crippen molar-refractivity contribution in [2.24, 2.45) is 0 Å². The molecule has 0 rings (SSSR count). The summed E-state index contributed by atoms with van der Waals surface area (Å²) in [7, 11) is 1.44. The lowest BCUT2D eigenvalue weighted by Crippen LogP contribution is -2.37. The Bertz CT molecular complexity index is 1680. The topological polar surface area (TPSA) is 108 Å². The number of quaternary nitrogens is 1. The van der Waals surface area contributed by atoms with Crippen LogP contribution in [0.25, 0.3) is 0 Å². The fourth-order valence-electron chi connectivity index (χ4n) is 8.44. The Morgan fingerprint density at radius 1 is 0.410 bits per heavy atom. The molecule has 0 saturated carbocycles. The van der Waals surface area contributed by atoms with Crippen LogP contribution in [0.1, 0.15) is 258 Å². The van der Waals surface area contributed by atoms with Crippen LogP contribution < -0.4 is 0 Å². The molecule has 0 aliphatic heterocycles. The summed E-state index contributed by atoms with van der Waals surface area (Å²) in [5.74, 6) is -0.849. The molecule has 0 aromatic heterocycles. The van der Waals surface area contributed by atoms with E-state index in [0.717, 1.165) is 83.5 Å². The zero-order chi connectivity index (χ0) is 57.0. The molecule has 0 saturated heterocycles. The Kier molecular flexibility index (Phi) is 55.8. The first-order chi connectivity index (χ1) is 38.0. The smallest absolute Gasteiger partial charge is 0.462 e. The summed E-state index contributed by atoms with van der Waals surface area (Å²) in [6, 6.07) is 0. The van der Waals surface area contributed by atoms with Gasteiger partial charge in [-0.2, -0.15) is 0 Å². The van der Waals surface area contributed by atoms with Crippen LogP contribution in [-0.2, 0) is 32.7 Å². The van der Waals surface area contributed by atoms with Crippen LogP contribution in [0, 0.1) is 0 Å². The van der Waals surface area contributed by atoms with Gasteiger partial charge in [-0.3, -0.25) is 18.6 Å². The maximum absolute atomic E-state index is 12.8. The van der Waals surface area contributed by atoms with Crippen molar-refractivity contribution in [2.45, 2.75) is 264 Å². The van der Waals surface area contributed by atoms with E-state index in [9.17, 15) is 19.0 Å². The number of unbranched alkanes of at least 4 members (excludes halogenated alkanes) is 25. The quantitative estimate of drug-likeness (QED) is 0.0211. The molecular formula is C68H119NO8P+. The summed E-state index contributed by atoms with van der Waals surface area (Å²) in [5.41, 5.74) is 0. The molecule has 0 spiro atoms. The second-order valence-electron chi connectivity index (χ2n) is 22.1. The number of likely N-dealkylation sites (N-methyl/N-ethyl adjacent to an activating group) is 1. The van der Waals surface area contributed by atoms with Gasteiger partial charge in [0, 0.05) is 12.8 Å². The van der Waals surface area contributed by atoms with E-state index in [1.807, 2.05) is 21.1 Å². The summed E-state index contributed by atoms with van der Waals surface area (Å²) < 4.78 is 34.6. The molecule has 9 nitrogen and oxygen atoms in total. The van der Waals surface area contributed by atoms with E-state index < -0.39 is 26.5 Å². The van der Waals surface area contributed by atoms with E-state index >= 15 is 0 Å². The number of phosphoric acid groups is 1. The number of nitrogens with zero attached hydrogens (tertiary/aromatic N) is 1. The van der Waals surface area contributed by atoms with Crippen LogP contribution in [0.2, 0.25) is 0 Å². The van der Waals surface area contributed by atoms with Gasteiger partial charge in [0.05, 0.1) is 27.7 Å². The van der Waals surface area contributed by atoms with E-state index in [4.69, 9.17) is 18.5 Å². The molecule has 0 radical (unpaired) electrons. The molecule has 448 valence electrons. The number of hydrogen-bond acceptors (Lipinski definition) is 7. The molecule has 0 bridgehead atoms. The van der Waals surface area contributed by atoms with Crippen LogP contribution in [0.5, 0.6) is 0 Å². The van der Waals surface area contributed by atoms with Crippen LogP contribution in [0.3, 0.4) is 0 Å². The molecule has 0 aromatic carbocycles. The Morgan fingerprint density at radius 3 is 1.13 bits per heavy atom. The molecule has 0 aromatic rings. The van der Waals surface area contributed by atoms with Crippen molar-refractivity contribution in [2.75, 3.05) is 47.5 Å². The third-order valence-corrected chi connectivity index (χ3v) is 14.3. The van der Waals surface area contributed by atoms with Gasteiger partial charge in [-0.25, -0.2) is 4.57 Å². The maximum atomic E-state index is 12.8. The molecule has 0 heterocycles. The molecule has 0 aliphatic rings. The van der Waals surface area contributed by atoms with Gasteiger partial charge in [-0.05, 0) is 103 Å².